The number of nitro benzene ring substituents is 1. The largest absolute Gasteiger partial charge is 0.481 e. The van der Waals surface area contributed by atoms with Crippen molar-refractivity contribution < 1.29 is 28.7 Å². The zero-order valence-corrected chi connectivity index (χ0v) is 10.3. The first-order chi connectivity index (χ1) is 8.79. The molecule has 1 unspecified atom stereocenters. The molecule has 8 heteroatoms. The maximum absolute atomic E-state index is 13.4. The van der Waals surface area contributed by atoms with Gasteiger partial charge >= 0.3 is 11.7 Å². The number of nitrogens with zero attached hydrogens (tertiary/aromatic N) is 1. The molecule has 0 saturated carbocycles. The first-order valence-corrected chi connectivity index (χ1v) is 5.16. The number of esters is 1. The van der Waals surface area contributed by atoms with Crippen LogP contribution in [0.1, 0.15) is 6.92 Å². The lowest BCUT2D eigenvalue weighted by Gasteiger charge is -2.20. The van der Waals surface area contributed by atoms with E-state index in [1.807, 2.05) is 0 Å². The minimum Gasteiger partial charge on any atom is -0.481 e. The minimum atomic E-state index is -2.04. The highest BCUT2D eigenvalue weighted by molar-refractivity contribution is 5.78. The molecule has 19 heavy (non-hydrogen) atoms. The quantitative estimate of drug-likeness (QED) is 0.489. The van der Waals surface area contributed by atoms with Gasteiger partial charge in [-0.3, -0.25) is 10.1 Å². The van der Waals surface area contributed by atoms with Crippen LogP contribution >= 0.6 is 0 Å². The number of benzene rings is 1. The molecule has 1 aromatic carbocycles. The summed E-state index contributed by atoms with van der Waals surface area (Å²) >= 11 is 0. The van der Waals surface area contributed by atoms with E-state index in [9.17, 15) is 24.4 Å². The maximum atomic E-state index is 13.4. The lowest BCUT2D eigenvalue weighted by molar-refractivity contribution is -0.386. The molecule has 7 nitrogen and oxygen atoms in total. The van der Waals surface area contributed by atoms with Crippen LogP contribution in [-0.2, 0) is 9.53 Å². The first-order valence-electron chi connectivity index (χ1n) is 5.16. The standard InChI is InChI=1S/C11H12FNO6/c1-11(15,10(14)18-2)6-19-9-7(12)4-3-5-8(9)13(16)17/h3-5,15H,6H2,1-2H3. The number of para-hydroxylation sites is 1. The molecule has 1 N–H and O–H groups in total. The number of hydrogen-bond donors (Lipinski definition) is 1. The highest BCUT2D eigenvalue weighted by Gasteiger charge is 2.34. The molecule has 0 aliphatic heterocycles. The van der Waals surface area contributed by atoms with E-state index in [1.54, 1.807) is 0 Å². The van der Waals surface area contributed by atoms with Crippen LogP contribution in [0.15, 0.2) is 18.2 Å². The van der Waals surface area contributed by atoms with Crippen molar-refractivity contribution in [3.8, 4) is 5.75 Å². The van der Waals surface area contributed by atoms with E-state index in [0.29, 0.717) is 0 Å². The molecule has 0 heterocycles. The minimum absolute atomic E-state index is 0.597. The monoisotopic (exact) mass is 273 g/mol. The lowest BCUT2D eigenvalue weighted by Crippen LogP contribution is -2.42. The van der Waals surface area contributed by atoms with Crippen molar-refractivity contribution in [3.05, 3.63) is 34.1 Å². The molecule has 0 aliphatic rings. The Balaban J connectivity index is 2.95. The third kappa shape index (κ3) is 3.38. The Morgan fingerprint density at radius 1 is 1.58 bits per heavy atom. The van der Waals surface area contributed by atoms with Crippen molar-refractivity contribution in [1.29, 1.82) is 0 Å². The number of rotatable bonds is 5. The van der Waals surface area contributed by atoms with Crippen molar-refractivity contribution in [1.82, 2.24) is 0 Å². The number of hydrogen-bond acceptors (Lipinski definition) is 6. The number of nitro groups is 1. The zero-order chi connectivity index (χ0) is 14.6. The van der Waals surface area contributed by atoms with Crippen molar-refractivity contribution >= 4 is 11.7 Å². The molecule has 0 saturated heterocycles. The molecule has 0 fully saturated rings. The molecule has 0 radical (unpaired) electrons. The SMILES string of the molecule is COC(=O)C(C)(O)COc1c(F)cccc1[N+](=O)[O-]. The number of aliphatic hydroxyl groups is 1. The van der Waals surface area contributed by atoms with Gasteiger partial charge < -0.3 is 14.6 Å². The van der Waals surface area contributed by atoms with Crippen molar-refractivity contribution in [2.24, 2.45) is 0 Å². The van der Waals surface area contributed by atoms with Gasteiger partial charge in [-0.15, -0.1) is 0 Å². The Kier molecular flexibility index (Phi) is 4.38. The highest BCUT2D eigenvalue weighted by Crippen LogP contribution is 2.30. The molecule has 0 aromatic heterocycles. The number of carbonyl (C=O) groups excluding carboxylic acids is 1. The predicted octanol–water partition coefficient (Wildman–Crippen LogP) is 1.04. The highest BCUT2D eigenvalue weighted by atomic mass is 19.1. The Morgan fingerprint density at radius 2 is 2.21 bits per heavy atom. The van der Waals surface area contributed by atoms with Gasteiger partial charge in [0.05, 0.1) is 12.0 Å². The second-order valence-corrected chi connectivity index (χ2v) is 3.90. The topological polar surface area (TPSA) is 98.9 Å². The van der Waals surface area contributed by atoms with Gasteiger partial charge in [-0.25, -0.2) is 9.18 Å². The number of ether oxygens (including phenoxy) is 2. The van der Waals surface area contributed by atoms with E-state index in [-0.39, 0.29) is 0 Å². The Morgan fingerprint density at radius 3 is 2.74 bits per heavy atom. The number of methoxy groups -OCH3 is 1. The zero-order valence-electron chi connectivity index (χ0n) is 10.3. The Hall–Kier alpha value is -2.22. The van der Waals surface area contributed by atoms with E-state index < -0.39 is 40.4 Å². The van der Waals surface area contributed by atoms with E-state index in [2.05, 4.69) is 4.74 Å². The molecule has 104 valence electrons. The Labute approximate surface area is 107 Å². The summed E-state index contributed by atoms with van der Waals surface area (Å²) in [6, 6.07) is 3.17. The summed E-state index contributed by atoms with van der Waals surface area (Å²) < 4.78 is 22.6. The first kappa shape index (κ1) is 14.8. The summed E-state index contributed by atoms with van der Waals surface area (Å²) in [7, 11) is 1.06. The summed E-state index contributed by atoms with van der Waals surface area (Å²) in [5.41, 5.74) is -2.63. The van der Waals surface area contributed by atoms with Crippen LogP contribution < -0.4 is 4.74 Å². The van der Waals surface area contributed by atoms with Crippen molar-refractivity contribution in [2.75, 3.05) is 13.7 Å². The van der Waals surface area contributed by atoms with Gasteiger partial charge in [-0.1, -0.05) is 6.07 Å². The smallest absolute Gasteiger partial charge is 0.341 e. The second kappa shape index (κ2) is 5.61. The summed E-state index contributed by atoms with van der Waals surface area (Å²) in [5, 5.41) is 20.4. The van der Waals surface area contributed by atoms with Gasteiger partial charge in [0.25, 0.3) is 0 Å². The molecule has 0 spiro atoms. The molecular weight excluding hydrogens is 261 g/mol. The second-order valence-electron chi connectivity index (χ2n) is 3.90. The van der Waals surface area contributed by atoms with Gasteiger partial charge in [0.15, 0.2) is 11.4 Å². The van der Waals surface area contributed by atoms with E-state index in [4.69, 9.17) is 4.74 Å². The van der Waals surface area contributed by atoms with Crippen LogP contribution in [0, 0.1) is 15.9 Å². The average molecular weight is 273 g/mol. The van der Waals surface area contributed by atoms with Crippen LogP contribution in [0.3, 0.4) is 0 Å². The summed E-state index contributed by atoms with van der Waals surface area (Å²) in [6.45, 7) is 0.410. The average Bonchev–Trinajstić information content (AvgIpc) is 2.35. The number of halogens is 1. The van der Waals surface area contributed by atoms with Crippen molar-refractivity contribution in [2.45, 2.75) is 12.5 Å². The normalized spacial score (nSPS) is 13.5. The molecule has 1 rings (SSSR count). The summed E-state index contributed by atoms with van der Waals surface area (Å²) in [4.78, 5) is 21.0. The van der Waals surface area contributed by atoms with E-state index in [1.165, 1.54) is 0 Å². The molecule has 0 amide bonds. The van der Waals surface area contributed by atoms with Crippen LogP contribution in [0.4, 0.5) is 10.1 Å². The van der Waals surface area contributed by atoms with Gasteiger partial charge in [-0.05, 0) is 13.0 Å². The van der Waals surface area contributed by atoms with Gasteiger partial charge in [0, 0.05) is 6.07 Å². The van der Waals surface area contributed by atoms with Gasteiger partial charge in [0.1, 0.15) is 6.61 Å². The molecule has 1 aromatic rings. The van der Waals surface area contributed by atoms with E-state index >= 15 is 0 Å². The fourth-order valence-corrected chi connectivity index (χ4v) is 1.28. The third-order valence-corrected chi connectivity index (χ3v) is 2.27. The molecule has 0 aliphatic carbocycles. The van der Waals surface area contributed by atoms with E-state index in [0.717, 1.165) is 32.2 Å². The maximum Gasteiger partial charge on any atom is 0.341 e. The van der Waals surface area contributed by atoms with Gasteiger partial charge in [-0.2, -0.15) is 0 Å². The van der Waals surface area contributed by atoms with Crippen molar-refractivity contribution in [3.63, 3.8) is 0 Å². The van der Waals surface area contributed by atoms with Crippen LogP contribution in [0.2, 0.25) is 0 Å². The molecular formula is C11H12FNO6. The molecule has 1 atom stereocenters. The van der Waals surface area contributed by atoms with Gasteiger partial charge in [0.2, 0.25) is 5.75 Å². The number of carbonyl (C=O) groups is 1. The fraction of sp³-hybridized carbons (Fsp3) is 0.364. The fourth-order valence-electron chi connectivity index (χ4n) is 1.28. The van der Waals surface area contributed by atoms with Crippen LogP contribution in [0.25, 0.3) is 0 Å². The molecule has 0 bridgehead atoms. The third-order valence-electron chi connectivity index (χ3n) is 2.27. The summed E-state index contributed by atoms with van der Waals surface area (Å²) in [5.74, 6) is -2.60. The summed E-state index contributed by atoms with van der Waals surface area (Å²) in [6.07, 6.45) is 0. The lowest BCUT2D eigenvalue weighted by atomic mass is 10.1. The predicted molar refractivity (Wildman–Crippen MR) is 61.2 cm³/mol. The van der Waals surface area contributed by atoms with Crippen LogP contribution in [-0.4, -0.2) is 35.3 Å². The van der Waals surface area contributed by atoms with Crippen LogP contribution in [0.5, 0.6) is 5.75 Å². The Bertz CT molecular complexity index is 502.